The number of Topliss-reactive ketones (excluding diaryl/α,β-unsaturated/α-hetero) is 2. The highest BCUT2D eigenvalue weighted by molar-refractivity contribution is 9.09. The molecular weight excluding hydrogens is 957 g/mol. The van der Waals surface area contributed by atoms with Gasteiger partial charge >= 0.3 is 11.8 Å². The number of hydrogen-bond donors (Lipinski definition) is 0. The molecule has 6 aliphatic carbocycles. The van der Waals surface area contributed by atoms with Crippen molar-refractivity contribution in [3.05, 3.63) is 69.8 Å². The number of carbonyl (C=O) groups is 2. The van der Waals surface area contributed by atoms with Crippen molar-refractivity contribution in [1.82, 2.24) is 0 Å². The molecule has 4 saturated carbocycles. The highest BCUT2D eigenvalue weighted by atomic mass is 79.9. The van der Waals surface area contributed by atoms with Crippen molar-refractivity contribution in [2.24, 2.45) is 46.3 Å². The normalized spacial score (nSPS) is 37.7. The summed E-state index contributed by atoms with van der Waals surface area (Å²) in [5.41, 5.74) is 6.62. The van der Waals surface area contributed by atoms with Crippen molar-refractivity contribution < 1.29 is 46.1 Å². The second kappa shape index (κ2) is 20.6. The molecule has 0 aromatic heterocycles. The van der Waals surface area contributed by atoms with Crippen LogP contribution in [-0.2, 0) is 18.9 Å². The van der Waals surface area contributed by atoms with Crippen LogP contribution in [0.1, 0.15) is 178 Å². The van der Waals surface area contributed by atoms with Gasteiger partial charge in [-0.2, -0.15) is 20.5 Å². The molecule has 6 fully saturated rings. The van der Waals surface area contributed by atoms with E-state index < -0.39 is 18.3 Å². The third-order valence-electron chi connectivity index (χ3n) is 18.6. The Kier molecular flexibility index (Phi) is 15.5. The van der Waals surface area contributed by atoms with Gasteiger partial charge in [0.2, 0.25) is 0 Å². The topological polar surface area (TPSA) is 71.1 Å². The van der Waals surface area contributed by atoms with Gasteiger partial charge in [0.05, 0.1) is 12.2 Å². The summed E-state index contributed by atoms with van der Waals surface area (Å²) in [6, 6.07) is 12.8. The summed E-state index contributed by atoms with van der Waals surface area (Å²) in [6.45, 7) is 10.7. The zero-order chi connectivity index (χ0) is 48.2. The number of benzene rings is 2. The average molecular weight is 1030 g/mol. The van der Waals surface area contributed by atoms with Crippen molar-refractivity contribution in [2.75, 3.05) is 30.0 Å². The maximum atomic E-state index is 14.0. The number of hydrogen-bond acceptors (Lipinski definition) is 7. The molecule has 0 radical (unpaired) electrons. The molecule has 0 amide bonds. The van der Waals surface area contributed by atoms with E-state index in [1.54, 1.807) is 0 Å². The number of ether oxygens (including phenoxy) is 4. The molecule has 6 nitrogen and oxygen atoms in total. The second-order valence-electron chi connectivity index (χ2n) is 22.7. The summed E-state index contributed by atoms with van der Waals surface area (Å²) in [6.07, 6.45) is 14.5. The molecule has 2 heterocycles. The van der Waals surface area contributed by atoms with Crippen molar-refractivity contribution in [3.63, 3.8) is 0 Å². The van der Waals surface area contributed by atoms with Crippen molar-refractivity contribution in [3.8, 4) is 0 Å². The fourth-order valence-corrected chi connectivity index (χ4v) is 16.8. The molecule has 0 N–H and O–H groups in total. The Balaban J connectivity index is 0.000000177. The number of fused-ring (bicyclic) bond motifs is 10. The first-order chi connectivity index (χ1) is 32.4. The van der Waals surface area contributed by atoms with Gasteiger partial charge < -0.3 is 18.9 Å². The van der Waals surface area contributed by atoms with Crippen LogP contribution >= 0.6 is 27.7 Å². The minimum atomic E-state index is -4.03. The summed E-state index contributed by atoms with van der Waals surface area (Å²) in [7, 11) is 0. The van der Waals surface area contributed by atoms with Gasteiger partial charge in [-0.05, 0) is 186 Å². The Bertz CT molecular complexity index is 2120. The van der Waals surface area contributed by atoms with Crippen LogP contribution in [0.2, 0.25) is 0 Å². The van der Waals surface area contributed by atoms with E-state index in [2.05, 4.69) is 67.0 Å². The van der Waals surface area contributed by atoms with Gasteiger partial charge in [0.25, 0.3) is 0 Å². The SMILES string of the molecule is Cc1ccc2c(c1)C(=O)C(CBr)C1C2CCC2(C)C(OC3CCCCO3)CCC12.Cc1ccc2c(c1)C(=O)C(CSCCCC(F)(F)C(C)(F)F)C1C2CCC2(C)C(OC3CCCCO3)CCC12. The Hall–Kier alpha value is -1.83. The first kappa shape index (κ1) is 51.1. The van der Waals surface area contributed by atoms with E-state index in [1.807, 2.05) is 13.0 Å². The van der Waals surface area contributed by atoms with Gasteiger partial charge in [-0.3, -0.25) is 9.59 Å². The molecule has 2 aromatic rings. The summed E-state index contributed by atoms with van der Waals surface area (Å²) >= 11 is 5.18. The van der Waals surface area contributed by atoms with Crippen LogP contribution < -0.4 is 0 Å². The monoisotopic (exact) mass is 1030 g/mol. The van der Waals surface area contributed by atoms with E-state index in [0.29, 0.717) is 41.0 Å². The van der Waals surface area contributed by atoms with Gasteiger partial charge in [0, 0.05) is 60.6 Å². The summed E-state index contributed by atoms with van der Waals surface area (Å²) in [5.74, 6) is -4.52. The molecule has 0 spiro atoms. The summed E-state index contributed by atoms with van der Waals surface area (Å²) in [4.78, 5) is 27.5. The van der Waals surface area contributed by atoms with Crippen molar-refractivity contribution in [1.29, 1.82) is 0 Å². The smallest absolute Gasteiger partial charge is 0.309 e. The highest BCUT2D eigenvalue weighted by Crippen LogP contribution is 2.65. The van der Waals surface area contributed by atoms with E-state index in [4.69, 9.17) is 18.9 Å². The Labute approximate surface area is 415 Å². The van der Waals surface area contributed by atoms with Crippen LogP contribution in [0, 0.1) is 60.2 Å². The van der Waals surface area contributed by atoms with E-state index in [9.17, 15) is 27.2 Å². The van der Waals surface area contributed by atoms with Crippen LogP contribution in [0.25, 0.3) is 0 Å². The molecule has 2 saturated heterocycles. The lowest BCUT2D eigenvalue weighted by Crippen LogP contribution is -2.50. The molecule has 14 unspecified atom stereocenters. The quantitative estimate of drug-likeness (QED) is 0.119. The fourth-order valence-electron chi connectivity index (χ4n) is 14.9. The molecule has 376 valence electrons. The highest BCUT2D eigenvalue weighted by Gasteiger charge is 2.61. The third-order valence-corrected chi connectivity index (χ3v) is 20.5. The van der Waals surface area contributed by atoms with Crippen LogP contribution in [0.3, 0.4) is 0 Å². The number of aryl methyl sites for hydroxylation is 2. The van der Waals surface area contributed by atoms with Crippen LogP contribution in [-0.4, -0.2) is 78.2 Å². The maximum Gasteiger partial charge on any atom is 0.309 e. The van der Waals surface area contributed by atoms with Crippen LogP contribution in [0.4, 0.5) is 17.6 Å². The van der Waals surface area contributed by atoms with E-state index >= 15 is 0 Å². The summed E-state index contributed by atoms with van der Waals surface area (Å²) in [5, 5.41) is 0.768. The first-order valence-corrected chi connectivity index (χ1v) is 28.5. The standard InChI is InChI=1S/C31H42F4O3S.C25H33BrO3/c1-19-8-9-20-21-12-14-29(2)24(10-11-25(29)38-26-7-4-5-15-37-26)27(21)23(28(36)22(20)17-19)18-39-16-6-13-31(34,35)30(3,32)33;1-15-6-7-16-17-10-11-25(2)20(23(17)19(14-26)24(27)18(16)13-15)8-9-21(25)29-22-5-3-4-12-28-22/h8-9,17,21,23-27H,4-7,10-16,18H2,1-3H3;6-7,13,17,19-23H,3-5,8-12,14H2,1-2H3. The zero-order valence-corrected chi connectivity index (χ0v) is 43.4. The molecule has 10 rings (SSSR count). The number of alkyl halides is 5. The Morgan fingerprint density at radius 1 is 0.691 bits per heavy atom. The molecule has 2 aliphatic heterocycles. The largest absolute Gasteiger partial charge is 0.353 e. The Morgan fingerprint density at radius 3 is 1.63 bits per heavy atom. The predicted octanol–water partition coefficient (Wildman–Crippen LogP) is 14.5. The molecule has 0 bridgehead atoms. The van der Waals surface area contributed by atoms with Crippen LogP contribution in [0.5, 0.6) is 0 Å². The number of rotatable bonds is 12. The molecule has 68 heavy (non-hydrogen) atoms. The van der Waals surface area contributed by atoms with Crippen molar-refractivity contribution in [2.45, 2.75) is 186 Å². The third kappa shape index (κ3) is 9.74. The average Bonchev–Trinajstić information content (AvgIpc) is 3.82. The zero-order valence-electron chi connectivity index (χ0n) is 41.0. The number of halogens is 5. The van der Waals surface area contributed by atoms with Gasteiger partial charge in [0.1, 0.15) is 0 Å². The molecule has 8 aliphatic rings. The lowest BCUT2D eigenvalue weighted by Gasteiger charge is -2.53. The number of thioether (sulfide) groups is 1. The minimum absolute atomic E-state index is 0.00968. The fraction of sp³-hybridized carbons (Fsp3) is 0.750. The lowest BCUT2D eigenvalue weighted by atomic mass is 9.52. The van der Waals surface area contributed by atoms with E-state index in [1.165, 1.54) is 42.2 Å². The predicted molar refractivity (Wildman–Crippen MR) is 263 cm³/mol. The second-order valence-corrected chi connectivity index (χ2v) is 24.5. The van der Waals surface area contributed by atoms with Gasteiger partial charge in [-0.15, -0.1) is 0 Å². The molecule has 12 heteroatoms. The van der Waals surface area contributed by atoms with E-state index in [-0.39, 0.29) is 78.4 Å². The van der Waals surface area contributed by atoms with Gasteiger partial charge in [0.15, 0.2) is 24.1 Å². The molecular formula is C56H75BrF4O6S. The molecule has 2 aromatic carbocycles. The summed E-state index contributed by atoms with van der Waals surface area (Å²) < 4.78 is 78.9. The van der Waals surface area contributed by atoms with E-state index in [0.717, 1.165) is 111 Å². The van der Waals surface area contributed by atoms with Crippen LogP contribution in [0.15, 0.2) is 36.4 Å². The Morgan fingerprint density at radius 2 is 1.18 bits per heavy atom. The number of ketones is 2. The molecule has 14 atom stereocenters. The van der Waals surface area contributed by atoms with Gasteiger partial charge in [-0.1, -0.05) is 65.2 Å². The van der Waals surface area contributed by atoms with Gasteiger partial charge in [-0.25, -0.2) is 8.78 Å². The van der Waals surface area contributed by atoms with Crippen molar-refractivity contribution >= 4 is 39.3 Å². The first-order valence-electron chi connectivity index (χ1n) is 26.2. The minimum Gasteiger partial charge on any atom is -0.353 e. The number of carbonyl (C=O) groups excluding carboxylic acids is 2. The lowest BCUT2D eigenvalue weighted by molar-refractivity contribution is -0.213. The maximum absolute atomic E-state index is 14.0.